The summed E-state index contributed by atoms with van der Waals surface area (Å²) in [4.78, 5) is 16.0. The lowest BCUT2D eigenvalue weighted by Crippen LogP contribution is -2.22. The molecule has 0 atom stereocenters. The van der Waals surface area contributed by atoms with E-state index >= 15 is 0 Å². The molecule has 0 aliphatic rings. The summed E-state index contributed by atoms with van der Waals surface area (Å²) in [6.07, 6.45) is 1.79. The summed E-state index contributed by atoms with van der Waals surface area (Å²) in [6, 6.07) is 20.0. The Labute approximate surface area is 200 Å². The average Bonchev–Trinajstić information content (AvgIpc) is 3.29. The highest BCUT2D eigenvalue weighted by Crippen LogP contribution is 2.28. The Balaban J connectivity index is 1.42. The number of pyridine rings is 1. The summed E-state index contributed by atoms with van der Waals surface area (Å²) in [7, 11) is 0.230. The van der Waals surface area contributed by atoms with Crippen molar-refractivity contribution in [3.05, 3.63) is 72.6 Å². The monoisotopic (exact) mass is 475 g/mol. The molecular weight excluding hydrogens is 446 g/mol. The Kier molecular flexibility index (Phi) is 7.09. The van der Waals surface area contributed by atoms with Gasteiger partial charge in [-0.15, -0.1) is 0 Å². The number of aromatic nitrogens is 3. The summed E-state index contributed by atoms with van der Waals surface area (Å²) in [6.45, 7) is 8.22. The van der Waals surface area contributed by atoms with Crippen LogP contribution in [0.25, 0.3) is 22.2 Å². The number of benzene rings is 2. The standard InChI is InChI=1S/C26H29N3O4Si/c1-31-26(30)24-11-7-20-17-22(10-12-23(20)28-24)33-21-8-5-19(6-9-21)25-13-14-27-29(25)18-32-15-16-34(2,3)4/h5-14,17H,15-16,18H2,1-4H3. The largest absolute Gasteiger partial charge is 0.464 e. The number of methoxy groups -OCH3 is 1. The molecule has 176 valence electrons. The van der Waals surface area contributed by atoms with Crippen LogP contribution in [0.2, 0.25) is 25.7 Å². The Morgan fingerprint density at radius 1 is 0.971 bits per heavy atom. The molecule has 0 N–H and O–H groups in total. The zero-order chi connectivity index (χ0) is 24.1. The molecule has 0 fully saturated rings. The maximum Gasteiger partial charge on any atom is 0.356 e. The van der Waals surface area contributed by atoms with Crippen LogP contribution in [0.3, 0.4) is 0 Å². The number of esters is 1. The van der Waals surface area contributed by atoms with Gasteiger partial charge in [-0.2, -0.15) is 5.10 Å². The van der Waals surface area contributed by atoms with Crippen molar-refractivity contribution in [3.8, 4) is 22.8 Å². The summed E-state index contributed by atoms with van der Waals surface area (Å²) in [5, 5.41) is 5.28. The Bertz CT molecular complexity index is 1280. The third-order valence-corrected chi connectivity index (χ3v) is 7.07. The number of hydrogen-bond acceptors (Lipinski definition) is 6. The molecule has 0 amide bonds. The molecule has 4 aromatic rings. The van der Waals surface area contributed by atoms with Gasteiger partial charge in [0.05, 0.1) is 18.3 Å². The van der Waals surface area contributed by atoms with Crippen molar-refractivity contribution < 1.29 is 19.0 Å². The predicted molar refractivity (Wildman–Crippen MR) is 135 cm³/mol. The number of ether oxygens (including phenoxy) is 3. The maximum absolute atomic E-state index is 11.7. The first-order valence-electron chi connectivity index (χ1n) is 11.2. The van der Waals surface area contributed by atoms with E-state index in [1.165, 1.54) is 7.11 Å². The van der Waals surface area contributed by atoms with Gasteiger partial charge in [-0.05, 0) is 60.6 Å². The molecule has 0 saturated carbocycles. The van der Waals surface area contributed by atoms with Gasteiger partial charge in [0.25, 0.3) is 0 Å². The van der Waals surface area contributed by atoms with Gasteiger partial charge in [0.1, 0.15) is 23.9 Å². The van der Waals surface area contributed by atoms with Crippen molar-refractivity contribution in [2.45, 2.75) is 32.4 Å². The van der Waals surface area contributed by atoms with Gasteiger partial charge < -0.3 is 14.2 Å². The fourth-order valence-corrected chi connectivity index (χ4v) is 4.18. The van der Waals surface area contributed by atoms with E-state index in [1.807, 2.05) is 59.3 Å². The zero-order valence-corrected chi connectivity index (χ0v) is 20.9. The SMILES string of the molecule is COC(=O)c1ccc2cc(Oc3ccc(-c4ccnn4COCC[Si](C)(C)C)cc3)ccc2n1. The Morgan fingerprint density at radius 2 is 1.74 bits per heavy atom. The van der Waals surface area contributed by atoms with Gasteiger partial charge >= 0.3 is 5.97 Å². The molecule has 4 rings (SSSR count). The highest BCUT2D eigenvalue weighted by molar-refractivity contribution is 6.76. The van der Waals surface area contributed by atoms with Gasteiger partial charge in [-0.25, -0.2) is 14.5 Å². The van der Waals surface area contributed by atoms with Crippen LogP contribution < -0.4 is 4.74 Å². The molecule has 0 aliphatic carbocycles. The van der Waals surface area contributed by atoms with Crippen molar-refractivity contribution in [1.82, 2.24) is 14.8 Å². The number of nitrogens with zero attached hydrogens (tertiary/aromatic N) is 3. The van der Waals surface area contributed by atoms with E-state index in [4.69, 9.17) is 14.2 Å². The highest BCUT2D eigenvalue weighted by Gasteiger charge is 2.13. The second kappa shape index (κ2) is 10.2. The topological polar surface area (TPSA) is 75.5 Å². The first kappa shape index (κ1) is 23.7. The summed E-state index contributed by atoms with van der Waals surface area (Å²) in [5.41, 5.74) is 3.01. The van der Waals surface area contributed by atoms with E-state index in [0.29, 0.717) is 18.0 Å². The first-order chi connectivity index (χ1) is 16.3. The van der Waals surface area contributed by atoms with Crippen LogP contribution in [0.1, 0.15) is 10.5 Å². The minimum atomic E-state index is -1.11. The van der Waals surface area contributed by atoms with E-state index in [2.05, 4.69) is 29.7 Å². The van der Waals surface area contributed by atoms with Crippen LogP contribution in [-0.2, 0) is 16.2 Å². The van der Waals surface area contributed by atoms with Crippen molar-refractivity contribution in [2.75, 3.05) is 13.7 Å². The Hall–Kier alpha value is -3.49. The molecule has 8 heteroatoms. The number of fused-ring (bicyclic) bond motifs is 1. The van der Waals surface area contributed by atoms with E-state index in [-0.39, 0.29) is 5.69 Å². The lowest BCUT2D eigenvalue weighted by molar-refractivity contribution is 0.0594. The molecule has 0 radical (unpaired) electrons. The summed E-state index contributed by atoms with van der Waals surface area (Å²) >= 11 is 0. The fourth-order valence-electron chi connectivity index (χ4n) is 3.43. The lowest BCUT2D eigenvalue weighted by Gasteiger charge is -2.16. The van der Waals surface area contributed by atoms with Crippen molar-refractivity contribution in [2.24, 2.45) is 0 Å². The molecule has 0 bridgehead atoms. The molecule has 0 spiro atoms. The minimum Gasteiger partial charge on any atom is -0.464 e. The molecule has 2 aromatic carbocycles. The highest BCUT2D eigenvalue weighted by atomic mass is 28.3. The van der Waals surface area contributed by atoms with Crippen LogP contribution in [0.5, 0.6) is 11.5 Å². The fraction of sp³-hybridized carbons (Fsp3) is 0.269. The number of hydrogen-bond donors (Lipinski definition) is 0. The predicted octanol–water partition coefficient (Wildman–Crippen LogP) is 5.99. The van der Waals surface area contributed by atoms with Crippen LogP contribution in [0.4, 0.5) is 0 Å². The number of carbonyl (C=O) groups is 1. The molecular formula is C26H29N3O4Si. The van der Waals surface area contributed by atoms with Gasteiger partial charge in [0.15, 0.2) is 0 Å². The third kappa shape index (κ3) is 5.89. The lowest BCUT2D eigenvalue weighted by atomic mass is 10.1. The summed E-state index contributed by atoms with van der Waals surface area (Å²) in [5.74, 6) is 0.954. The normalized spacial score (nSPS) is 11.5. The Morgan fingerprint density at radius 3 is 2.47 bits per heavy atom. The second-order valence-corrected chi connectivity index (χ2v) is 14.9. The van der Waals surface area contributed by atoms with Gasteiger partial charge in [0, 0.05) is 31.8 Å². The van der Waals surface area contributed by atoms with Crippen molar-refractivity contribution in [1.29, 1.82) is 0 Å². The van der Waals surface area contributed by atoms with Crippen LogP contribution in [0, 0.1) is 0 Å². The van der Waals surface area contributed by atoms with Gasteiger partial charge in [-0.1, -0.05) is 25.7 Å². The van der Waals surface area contributed by atoms with E-state index < -0.39 is 14.0 Å². The van der Waals surface area contributed by atoms with Crippen LogP contribution in [0.15, 0.2) is 66.9 Å². The van der Waals surface area contributed by atoms with Crippen molar-refractivity contribution in [3.63, 3.8) is 0 Å². The van der Waals surface area contributed by atoms with Crippen LogP contribution in [-0.4, -0.2) is 42.5 Å². The summed E-state index contributed by atoms with van der Waals surface area (Å²) < 4.78 is 18.5. The average molecular weight is 476 g/mol. The van der Waals surface area contributed by atoms with Crippen molar-refractivity contribution >= 4 is 24.9 Å². The zero-order valence-electron chi connectivity index (χ0n) is 19.9. The third-order valence-electron chi connectivity index (χ3n) is 5.37. The second-order valence-electron chi connectivity index (χ2n) is 9.23. The molecule has 0 aliphatic heterocycles. The van der Waals surface area contributed by atoms with E-state index in [9.17, 15) is 4.79 Å². The van der Waals surface area contributed by atoms with E-state index in [1.54, 1.807) is 12.3 Å². The molecule has 2 heterocycles. The number of rotatable bonds is 9. The maximum atomic E-state index is 11.7. The molecule has 0 saturated heterocycles. The number of carbonyl (C=O) groups excluding carboxylic acids is 1. The molecule has 34 heavy (non-hydrogen) atoms. The molecule has 7 nitrogen and oxygen atoms in total. The smallest absolute Gasteiger partial charge is 0.356 e. The quantitative estimate of drug-likeness (QED) is 0.168. The van der Waals surface area contributed by atoms with Gasteiger partial charge in [0.2, 0.25) is 0 Å². The molecule has 2 aromatic heterocycles. The van der Waals surface area contributed by atoms with Gasteiger partial charge in [-0.3, -0.25) is 0 Å². The molecule has 0 unspecified atom stereocenters. The first-order valence-corrected chi connectivity index (χ1v) is 14.9. The minimum absolute atomic E-state index is 0.278. The van der Waals surface area contributed by atoms with Crippen LogP contribution >= 0.6 is 0 Å². The van der Waals surface area contributed by atoms with E-state index in [0.717, 1.165) is 35.0 Å².